The minimum atomic E-state index is -0.259. The lowest BCUT2D eigenvalue weighted by Gasteiger charge is -2.35. The first-order valence-corrected chi connectivity index (χ1v) is 5.52. The van der Waals surface area contributed by atoms with E-state index in [1.165, 1.54) is 12.5 Å². The van der Waals surface area contributed by atoms with Gasteiger partial charge in [-0.3, -0.25) is 4.79 Å². The van der Waals surface area contributed by atoms with Crippen molar-refractivity contribution >= 4 is 11.7 Å². The summed E-state index contributed by atoms with van der Waals surface area (Å²) < 4.78 is 0. The molecule has 1 aromatic heterocycles. The zero-order valence-corrected chi connectivity index (χ0v) is 9.55. The van der Waals surface area contributed by atoms with Crippen molar-refractivity contribution in [1.82, 2.24) is 15.3 Å². The molecule has 1 aromatic rings. The van der Waals surface area contributed by atoms with Crippen molar-refractivity contribution < 1.29 is 4.79 Å². The number of nitrogens with one attached hydrogen (secondary N) is 1. The van der Waals surface area contributed by atoms with Gasteiger partial charge in [-0.25, -0.2) is 9.97 Å². The van der Waals surface area contributed by atoms with Crippen molar-refractivity contribution in [1.29, 1.82) is 5.26 Å². The minimum absolute atomic E-state index is 0.0127. The number of amides is 1. The second-order valence-electron chi connectivity index (χ2n) is 3.78. The maximum atomic E-state index is 11.7. The highest BCUT2D eigenvalue weighted by Crippen LogP contribution is 2.20. The second-order valence-corrected chi connectivity index (χ2v) is 3.78. The Morgan fingerprint density at radius 2 is 2.53 bits per heavy atom. The third-order valence-electron chi connectivity index (χ3n) is 2.80. The fourth-order valence-corrected chi connectivity index (χ4v) is 2.00. The summed E-state index contributed by atoms with van der Waals surface area (Å²) in [5, 5.41) is 11.8. The number of carbonyl (C=O) groups excluding carboxylic acids is 1. The summed E-state index contributed by atoms with van der Waals surface area (Å²) in [7, 11) is 0. The largest absolute Gasteiger partial charge is 0.353 e. The van der Waals surface area contributed by atoms with Gasteiger partial charge in [0.05, 0.1) is 6.20 Å². The molecule has 6 nitrogen and oxygen atoms in total. The van der Waals surface area contributed by atoms with Crippen LogP contribution in [0.2, 0.25) is 0 Å². The number of hydrogen-bond acceptors (Lipinski definition) is 5. The van der Waals surface area contributed by atoms with Crippen LogP contribution in [0.4, 0.5) is 5.82 Å². The average Bonchev–Trinajstić information content (AvgIpc) is 2.38. The maximum Gasteiger partial charge on any atom is 0.242 e. The van der Waals surface area contributed by atoms with E-state index in [1.54, 1.807) is 0 Å². The lowest BCUT2D eigenvalue weighted by atomic mass is 10.1. The molecule has 1 N–H and O–H groups in total. The van der Waals surface area contributed by atoms with E-state index in [9.17, 15) is 4.79 Å². The third kappa shape index (κ3) is 2.04. The quantitative estimate of drug-likeness (QED) is 0.778. The SMILES string of the molecule is CCC1C(=O)NCCN1c1ncncc1C#N. The van der Waals surface area contributed by atoms with Crippen molar-refractivity contribution in [2.45, 2.75) is 19.4 Å². The number of nitrogens with zero attached hydrogens (tertiary/aromatic N) is 4. The minimum Gasteiger partial charge on any atom is -0.353 e. The van der Waals surface area contributed by atoms with Crippen molar-refractivity contribution in [3.63, 3.8) is 0 Å². The molecule has 1 aliphatic heterocycles. The molecule has 6 heteroatoms. The Labute approximate surface area is 99.3 Å². The molecule has 17 heavy (non-hydrogen) atoms. The third-order valence-corrected chi connectivity index (χ3v) is 2.80. The topological polar surface area (TPSA) is 81.9 Å². The lowest BCUT2D eigenvalue weighted by Crippen LogP contribution is -2.55. The monoisotopic (exact) mass is 231 g/mol. The summed E-state index contributed by atoms with van der Waals surface area (Å²) in [4.78, 5) is 21.5. The van der Waals surface area contributed by atoms with Gasteiger partial charge in [-0.15, -0.1) is 0 Å². The van der Waals surface area contributed by atoms with Crippen LogP contribution in [0.3, 0.4) is 0 Å². The predicted molar refractivity (Wildman–Crippen MR) is 61.2 cm³/mol. The summed E-state index contributed by atoms with van der Waals surface area (Å²) in [6.45, 7) is 3.18. The highest BCUT2D eigenvalue weighted by molar-refractivity contribution is 5.86. The molecule has 0 saturated carbocycles. The van der Waals surface area contributed by atoms with Crippen molar-refractivity contribution in [3.05, 3.63) is 18.1 Å². The first-order valence-electron chi connectivity index (χ1n) is 5.52. The molecule has 0 spiro atoms. The van der Waals surface area contributed by atoms with Crippen LogP contribution < -0.4 is 10.2 Å². The molecule has 0 radical (unpaired) electrons. The van der Waals surface area contributed by atoms with Crippen LogP contribution in [0.25, 0.3) is 0 Å². The Hall–Kier alpha value is -2.16. The number of rotatable bonds is 2. The predicted octanol–water partition coefficient (Wildman–Crippen LogP) is 0.0631. The highest BCUT2D eigenvalue weighted by Gasteiger charge is 2.30. The summed E-state index contributed by atoms with van der Waals surface area (Å²) in [6.07, 6.45) is 3.55. The van der Waals surface area contributed by atoms with E-state index >= 15 is 0 Å². The van der Waals surface area contributed by atoms with Gasteiger partial charge in [-0.1, -0.05) is 6.92 Å². The van der Waals surface area contributed by atoms with Crippen LogP contribution in [0.1, 0.15) is 18.9 Å². The van der Waals surface area contributed by atoms with Crippen LogP contribution in [-0.2, 0) is 4.79 Å². The fraction of sp³-hybridized carbons (Fsp3) is 0.455. The van der Waals surface area contributed by atoms with Gasteiger partial charge in [0.15, 0.2) is 5.82 Å². The van der Waals surface area contributed by atoms with Crippen LogP contribution in [0, 0.1) is 11.3 Å². The Morgan fingerprint density at radius 3 is 3.24 bits per heavy atom. The standard InChI is InChI=1S/C11H13N5O/c1-2-9-11(17)14-3-4-16(9)10-8(5-12)6-13-7-15-10/h6-7,9H,2-4H2,1H3,(H,14,17). The molecule has 1 unspecified atom stereocenters. The van der Waals surface area contributed by atoms with Crippen LogP contribution in [0.15, 0.2) is 12.5 Å². The van der Waals surface area contributed by atoms with Crippen molar-refractivity contribution in [2.24, 2.45) is 0 Å². The molecule has 1 aliphatic rings. The van der Waals surface area contributed by atoms with Gasteiger partial charge in [-0.05, 0) is 6.42 Å². The Morgan fingerprint density at radius 1 is 1.71 bits per heavy atom. The summed E-state index contributed by atoms with van der Waals surface area (Å²) in [6, 6.07) is 1.80. The van der Waals surface area contributed by atoms with E-state index in [-0.39, 0.29) is 11.9 Å². The zero-order valence-electron chi connectivity index (χ0n) is 9.55. The van der Waals surface area contributed by atoms with Gasteiger partial charge in [0.25, 0.3) is 0 Å². The van der Waals surface area contributed by atoms with Crippen LogP contribution in [-0.4, -0.2) is 35.0 Å². The molecular formula is C11H13N5O. The summed E-state index contributed by atoms with van der Waals surface area (Å²) in [5.41, 5.74) is 0.403. The van der Waals surface area contributed by atoms with E-state index in [1.807, 2.05) is 11.8 Å². The van der Waals surface area contributed by atoms with Crippen molar-refractivity contribution in [3.8, 4) is 6.07 Å². The fourth-order valence-electron chi connectivity index (χ4n) is 2.00. The highest BCUT2D eigenvalue weighted by atomic mass is 16.2. The Kier molecular flexibility index (Phi) is 3.19. The molecule has 2 heterocycles. The van der Waals surface area contributed by atoms with Crippen LogP contribution >= 0.6 is 0 Å². The first-order chi connectivity index (χ1) is 8.27. The van der Waals surface area contributed by atoms with E-state index in [0.717, 1.165) is 0 Å². The first kappa shape index (κ1) is 11.3. The van der Waals surface area contributed by atoms with Gasteiger partial charge in [0, 0.05) is 13.1 Å². The van der Waals surface area contributed by atoms with Gasteiger partial charge >= 0.3 is 0 Å². The zero-order chi connectivity index (χ0) is 12.3. The molecule has 1 atom stereocenters. The van der Waals surface area contributed by atoms with Gasteiger partial charge in [0.1, 0.15) is 24.0 Å². The van der Waals surface area contributed by atoms with Crippen molar-refractivity contribution in [2.75, 3.05) is 18.0 Å². The molecule has 1 fully saturated rings. The number of aromatic nitrogens is 2. The molecule has 0 aliphatic carbocycles. The number of carbonyl (C=O) groups is 1. The molecule has 2 rings (SSSR count). The lowest BCUT2D eigenvalue weighted by molar-refractivity contribution is -0.123. The number of hydrogen-bond donors (Lipinski definition) is 1. The van der Waals surface area contributed by atoms with Gasteiger partial charge in [-0.2, -0.15) is 5.26 Å². The van der Waals surface area contributed by atoms with E-state index < -0.39 is 0 Å². The summed E-state index contributed by atoms with van der Waals surface area (Å²) in [5.74, 6) is 0.533. The maximum absolute atomic E-state index is 11.7. The number of anilines is 1. The molecule has 1 amide bonds. The Bertz CT molecular complexity index is 467. The smallest absolute Gasteiger partial charge is 0.242 e. The number of piperazine rings is 1. The Balaban J connectivity index is 2.37. The van der Waals surface area contributed by atoms with E-state index in [0.29, 0.717) is 30.9 Å². The molecule has 1 saturated heterocycles. The normalized spacial score (nSPS) is 19.6. The average molecular weight is 231 g/mol. The molecule has 0 bridgehead atoms. The van der Waals surface area contributed by atoms with E-state index in [4.69, 9.17) is 5.26 Å². The second kappa shape index (κ2) is 4.78. The van der Waals surface area contributed by atoms with Gasteiger partial charge < -0.3 is 10.2 Å². The van der Waals surface area contributed by atoms with Gasteiger partial charge in [0.2, 0.25) is 5.91 Å². The molecular weight excluding hydrogens is 218 g/mol. The van der Waals surface area contributed by atoms with Crippen LogP contribution in [0.5, 0.6) is 0 Å². The summed E-state index contributed by atoms with van der Waals surface area (Å²) >= 11 is 0. The van der Waals surface area contributed by atoms with E-state index in [2.05, 4.69) is 21.4 Å². The number of nitriles is 1. The molecule has 88 valence electrons. The molecule has 0 aromatic carbocycles.